The minimum absolute atomic E-state index is 0.0702. The molecule has 7 nitrogen and oxygen atoms in total. The second kappa shape index (κ2) is 5.92. The van der Waals surface area contributed by atoms with E-state index in [-0.39, 0.29) is 41.0 Å². The molecule has 1 saturated carbocycles. The molecule has 0 radical (unpaired) electrons. The number of rotatable bonds is 3. The summed E-state index contributed by atoms with van der Waals surface area (Å²) < 4.78 is 5.40. The summed E-state index contributed by atoms with van der Waals surface area (Å²) in [6, 6.07) is 4.68. The van der Waals surface area contributed by atoms with Crippen molar-refractivity contribution < 1.29 is 24.2 Å². The van der Waals surface area contributed by atoms with Crippen LogP contribution in [0.5, 0.6) is 0 Å². The predicted octanol–water partition coefficient (Wildman–Crippen LogP) is 1.53. The van der Waals surface area contributed by atoms with E-state index in [1.807, 2.05) is 4.90 Å². The second-order valence-electron chi connectivity index (χ2n) is 7.62. The number of hydrogen-bond acceptors (Lipinski definition) is 5. The molecule has 2 heterocycles. The fourth-order valence-electron chi connectivity index (χ4n) is 5.05. The van der Waals surface area contributed by atoms with E-state index in [0.29, 0.717) is 37.7 Å². The molecule has 4 aliphatic rings. The summed E-state index contributed by atoms with van der Waals surface area (Å²) in [6.45, 7) is 2.38. The smallest absolute Gasteiger partial charge is 0.335 e. The highest BCUT2D eigenvalue weighted by molar-refractivity contribution is 6.24. The van der Waals surface area contributed by atoms with Crippen molar-refractivity contribution in [2.24, 2.45) is 23.7 Å². The van der Waals surface area contributed by atoms with Crippen LogP contribution in [0.1, 0.15) is 16.8 Å². The van der Waals surface area contributed by atoms with Crippen molar-refractivity contribution in [3.8, 4) is 0 Å². The number of hydrogen-bond donors (Lipinski definition) is 1. The van der Waals surface area contributed by atoms with E-state index >= 15 is 0 Å². The van der Waals surface area contributed by atoms with E-state index in [4.69, 9.17) is 4.74 Å². The first kappa shape index (κ1) is 16.5. The van der Waals surface area contributed by atoms with Crippen molar-refractivity contribution in [2.45, 2.75) is 6.42 Å². The fraction of sp³-hybridized carbons (Fsp3) is 0.450. The Morgan fingerprint density at radius 1 is 1.00 bits per heavy atom. The van der Waals surface area contributed by atoms with Crippen LogP contribution in [0.4, 0.5) is 11.4 Å². The van der Waals surface area contributed by atoms with Crippen LogP contribution in [0.25, 0.3) is 0 Å². The Labute approximate surface area is 156 Å². The normalized spacial score (nSPS) is 31.7. The van der Waals surface area contributed by atoms with E-state index in [9.17, 15) is 19.5 Å². The number of anilines is 2. The molecule has 2 bridgehead atoms. The van der Waals surface area contributed by atoms with Gasteiger partial charge in [0.15, 0.2) is 0 Å². The first-order chi connectivity index (χ1) is 13.1. The molecule has 2 aliphatic carbocycles. The number of nitrogens with zero attached hydrogens (tertiary/aromatic N) is 2. The van der Waals surface area contributed by atoms with Crippen LogP contribution >= 0.6 is 0 Å². The van der Waals surface area contributed by atoms with Crippen LogP contribution < -0.4 is 9.80 Å². The van der Waals surface area contributed by atoms with Gasteiger partial charge in [0.2, 0.25) is 11.8 Å². The molecule has 140 valence electrons. The van der Waals surface area contributed by atoms with Gasteiger partial charge >= 0.3 is 5.97 Å². The minimum Gasteiger partial charge on any atom is -0.478 e. The maximum Gasteiger partial charge on any atom is 0.335 e. The summed E-state index contributed by atoms with van der Waals surface area (Å²) in [5.74, 6) is -1.84. The zero-order valence-electron chi connectivity index (χ0n) is 14.7. The number of aromatic carboxylic acids is 1. The number of amides is 2. The molecule has 2 amide bonds. The van der Waals surface area contributed by atoms with E-state index < -0.39 is 5.97 Å². The van der Waals surface area contributed by atoms with Crippen LogP contribution in [0, 0.1) is 23.7 Å². The van der Waals surface area contributed by atoms with Gasteiger partial charge in [-0.3, -0.25) is 9.59 Å². The topological polar surface area (TPSA) is 87.2 Å². The van der Waals surface area contributed by atoms with E-state index in [2.05, 4.69) is 12.2 Å². The lowest BCUT2D eigenvalue weighted by molar-refractivity contribution is -0.123. The number of imide groups is 1. The molecule has 2 saturated heterocycles. The molecule has 2 aliphatic heterocycles. The highest BCUT2D eigenvalue weighted by Gasteiger charge is 2.60. The SMILES string of the molecule is O=C(O)c1ccc(N2CCOCC2)c(N2C(=O)[C@@H]3[C@H](C2=O)[C@@H]2C=C[C@H]3C2)c1. The van der Waals surface area contributed by atoms with Crippen molar-refractivity contribution in [1.29, 1.82) is 0 Å². The number of carboxylic acid groups (broad SMARTS) is 1. The molecule has 3 fully saturated rings. The van der Waals surface area contributed by atoms with Gasteiger partial charge in [0.1, 0.15) is 0 Å². The Bertz CT molecular complexity index is 843. The molecule has 0 aromatic heterocycles. The van der Waals surface area contributed by atoms with E-state index in [1.165, 1.54) is 17.0 Å². The van der Waals surface area contributed by atoms with Gasteiger partial charge < -0.3 is 14.7 Å². The Morgan fingerprint density at radius 2 is 1.63 bits per heavy atom. The summed E-state index contributed by atoms with van der Waals surface area (Å²) >= 11 is 0. The largest absolute Gasteiger partial charge is 0.478 e. The van der Waals surface area contributed by atoms with Crippen LogP contribution in [0.3, 0.4) is 0 Å². The molecule has 1 N–H and O–H groups in total. The van der Waals surface area contributed by atoms with Gasteiger partial charge in [-0.15, -0.1) is 0 Å². The summed E-state index contributed by atoms with van der Waals surface area (Å²) in [5, 5.41) is 9.41. The van der Waals surface area contributed by atoms with Gasteiger partial charge in [-0.25, -0.2) is 9.69 Å². The summed E-state index contributed by atoms with van der Waals surface area (Å²) in [4.78, 5) is 41.2. The Hall–Kier alpha value is -2.67. The first-order valence-corrected chi connectivity index (χ1v) is 9.32. The van der Waals surface area contributed by atoms with Crippen molar-refractivity contribution in [3.05, 3.63) is 35.9 Å². The van der Waals surface area contributed by atoms with Crippen LogP contribution in [-0.2, 0) is 14.3 Å². The van der Waals surface area contributed by atoms with E-state index in [1.54, 1.807) is 6.07 Å². The lowest BCUT2D eigenvalue weighted by Crippen LogP contribution is -2.39. The lowest BCUT2D eigenvalue weighted by atomic mass is 9.85. The van der Waals surface area contributed by atoms with Gasteiger partial charge in [0, 0.05) is 13.1 Å². The van der Waals surface area contributed by atoms with E-state index in [0.717, 1.165) is 6.42 Å². The third-order valence-corrected chi connectivity index (χ3v) is 6.29. The van der Waals surface area contributed by atoms with Crippen molar-refractivity contribution in [2.75, 3.05) is 36.1 Å². The maximum atomic E-state index is 13.2. The second-order valence-corrected chi connectivity index (χ2v) is 7.62. The average molecular weight is 368 g/mol. The number of carbonyl (C=O) groups excluding carboxylic acids is 2. The monoisotopic (exact) mass is 368 g/mol. The highest BCUT2D eigenvalue weighted by atomic mass is 16.5. The predicted molar refractivity (Wildman–Crippen MR) is 96.6 cm³/mol. The molecule has 5 rings (SSSR count). The van der Waals surface area contributed by atoms with Gasteiger partial charge in [0.05, 0.1) is 42.0 Å². The van der Waals surface area contributed by atoms with Crippen molar-refractivity contribution in [1.82, 2.24) is 0 Å². The minimum atomic E-state index is -1.08. The number of carboxylic acids is 1. The lowest BCUT2D eigenvalue weighted by Gasteiger charge is -2.32. The molecular weight excluding hydrogens is 348 g/mol. The van der Waals surface area contributed by atoms with Crippen molar-refractivity contribution >= 4 is 29.2 Å². The molecule has 0 spiro atoms. The number of carbonyl (C=O) groups is 3. The molecular formula is C20H20N2O5. The van der Waals surface area contributed by atoms with Crippen LogP contribution in [0.15, 0.2) is 30.4 Å². The number of ether oxygens (including phenoxy) is 1. The summed E-state index contributed by atoms with van der Waals surface area (Å²) in [7, 11) is 0. The van der Waals surface area contributed by atoms with Gasteiger partial charge in [0.25, 0.3) is 0 Å². The third kappa shape index (κ3) is 2.34. The zero-order valence-corrected chi connectivity index (χ0v) is 14.7. The summed E-state index contributed by atoms with van der Waals surface area (Å²) in [6.07, 6.45) is 4.97. The standard InChI is InChI=1S/C20H20N2O5/c23-18-16-11-1-2-12(9-11)17(16)19(24)22(18)15-10-13(20(25)26)3-4-14(15)21-5-7-27-8-6-21/h1-4,10-12,16-17H,5-9H2,(H,25,26)/t11-,12+,16-,17+. The van der Waals surface area contributed by atoms with Gasteiger partial charge in [-0.05, 0) is 36.5 Å². The van der Waals surface area contributed by atoms with Gasteiger partial charge in [-0.1, -0.05) is 12.2 Å². The summed E-state index contributed by atoms with van der Waals surface area (Å²) in [5.41, 5.74) is 1.17. The Kier molecular flexibility index (Phi) is 3.62. The number of benzene rings is 1. The third-order valence-electron chi connectivity index (χ3n) is 6.29. The molecule has 1 aromatic rings. The van der Waals surface area contributed by atoms with Crippen molar-refractivity contribution in [3.63, 3.8) is 0 Å². The quantitative estimate of drug-likeness (QED) is 0.643. The Morgan fingerprint density at radius 3 is 2.22 bits per heavy atom. The molecule has 27 heavy (non-hydrogen) atoms. The molecule has 7 heteroatoms. The van der Waals surface area contributed by atoms with Gasteiger partial charge in [-0.2, -0.15) is 0 Å². The number of fused-ring (bicyclic) bond motifs is 5. The average Bonchev–Trinajstić information content (AvgIpc) is 3.36. The maximum absolute atomic E-state index is 13.2. The molecule has 1 aromatic carbocycles. The molecule has 4 atom stereocenters. The fourth-order valence-corrected chi connectivity index (χ4v) is 5.05. The Balaban J connectivity index is 1.59. The highest BCUT2D eigenvalue weighted by Crippen LogP contribution is 2.54. The first-order valence-electron chi connectivity index (χ1n) is 9.32. The zero-order chi connectivity index (χ0) is 18.7. The van der Waals surface area contributed by atoms with Crippen LogP contribution in [0.2, 0.25) is 0 Å². The molecule has 0 unspecified atom stereocenters. The van der Waals surface area contributed by atoms with Crippen LogP contribution in [-0.4, -0.2) is 49.2 Å². The number of allylic oxidation sites excluding steroid dienone is 2. The number of morpholine rings is 1.